The van der Waals surface area contributed by atoms with Crippen molar-refractivity contribution in [2.45, 2.75) is 39.5 Å². The molecule has 2 aliphatic heterocycles. The number of aromatic hydroxyl groups is 1. The molecule has 2 saturated heterocycles. The van der Waals surface area contributed by atoms with Crippen molar-refractivity contribution in [3.05, 3.63) is 75.8 Å². The van der Waals surface area contributed by atoms with E-state index in [1.807, 2.05) is 44.2 Å². The fourth-order valence-electron chi connectivity index (χ4n) is 8.62. The second-order valence-electron chi connectivity index (χ2n) is 13.2. The van der Waals surface area contributed by atoms with E-state index < -0.39 is 35.0 Å². The lowest BCUT2D eigenvalue weighted by atomic mass is 9.51. The van der Waals surface area contributed by atoms with Gasteiger partial charge in [-0.25, -0.2) is 4.90 Å². The summed E-state index contributed by atoms with van der Waals surface area (Å²) >= 11 is 7.85. The first-order chi connectivity index (χ1) is 21.9. The number of carbonyl (C=O) groups is 4. The molecule has 9 nitrogen and oxygen atoms in total. The van der Waals surface area contributed by atoms with Crippen molar-refractivity contribution < 1.29 is 24.3 Å². The van der Waals surface area contributed by atoms with Gasteiger partial charge >= 0.3 is 0 Å². The third-order valence-corrected chi connectivity index (χ3v) is 12.4. The second-order valence-corrected chi connectivity index (χ2v) is 14.7. The number of phenols is 1. The number of imide groups is 2. The fraction of sp³-hybridized carbons (Fsp3) is 0.343. The number of fused-ring (bicyclic) bond motifs is 5. The molecule has 234 valence electrons. The molecule has 6 unspecified atom stereocenters. The molecular formula is C35H31ClN4O5S. The van der Waals surface area contributed by atoms with E-state index in [2.05, 4.69) is 5.32 Å². The first-order valence-electron chi connectivity index (χ1n) is 15.4. The van der Waals surface area contributed by atoms with Crippen molar-refractivity contribution in [1.29, 1.82) is 0 Å². The van der Waals surface area contributed by atoms with Gasteiger partial charge in [-0.05, 0) is 74.2 Å². The number of amides is 4. The predicted octanol–water partition coefficient (Wildman–Crippen LogP) is 5.80. The van der Waals surface area contributed by atoms with E-state index in [4.69, 9.17) is 16.7 Å². The Hall–Kier alpha value is -4.28. The Labute approximate surface area is 273 Å². The van der Waals surface area contributed by atoms with Gasteiger partial charge in [0.2, 0.25) is 23.6 Å². The van der Waals surface area contributed by atoms with E-state index in [1.165, 1.54) is 4.90 Å². The van der Waals surface area contributed by atoms with Crippen LogP contribution >= 0.6 is 22.9 Å². The van der Waals surface area contributed by atoms with Crippen LogP contribution in [0, 0.1) is 42.9 Å². The van der Waals surface area contributed by atoms with Gasteiger partial charge in [0.05, 0.1) is 28.0 Å². The van der Waals surface area contributed by atoms with Crippen LogP contribution in [0.2, 0.25) is 5.02 Å². The van der Waals surface area contributed by atoms with E-state index in [-0.39, 0.29) is 35.8 Å². The van der Waals surface area contributed by atoms with Crippen LogP contribution < -0.4 is 10.2 Å². The van der Waals surface area contributed by atoms with Crippen molar-refractivity contribution >= 4 is 62.5 Å². The van der Waals surface area contributed by atoms with Crippen LogP contribution in [-0.2, 0) is 26.2 Å². The number of anilines is 1. The number of nitrogens with zero attached hydrogens (tertiary/aromatic N) is 3. The summed E-state index contributed by atoms with van der Waals surface area (Å²) in [7, 11) is 1.72. The summed E-state index contributed by atoms with van der Waals surface area (Å²) in [6, 6.07) is 12.9. The van der Waals surface area contributed by atoms with Crippen molar-refractivity contribution in [1.82, 2.24) is 15.1 Å². The number of allylic oxidation sites excluding steroid dienone is 2. The standard InChI is InChI=1S/C35H31ClN4O5S/c1-15-6-5-7-20(29(15)41)28-18-9-10-19-27(32(43)37-31(19)42)22(18)13-23-33(44)40(34(45)35(23,28)3)26-14-24(38-39(26)4)30-16(2)21-12-17(36)8-11-25(21)46-30/h5-9,11-12,14,19,22-23,27-28,41H,10,13H2,1-4H3,(H,37,42,43). The smallest absolute Gasteiger partial charge is 0.242 e. The summed E-state index contributed by atoms with van der Waals surface area (Å²) in [6.45, 7) is 5.61. The lowest BCUT2D eigenvalue weighted by Gasteiger charge is -2.49. The number of phenolic OH excluding ortho intramolecular Hbond substituents is 1. The number of aromatic nitrogens is 2. The average Bonchev–Trinajstić information content (AvgIpc) is 3.70. The minimum atomic E-state index is -1.26. The van der Waals surface area contributed by atoms with Crippen molar-refractivity contribution in [2.24, 2.45) is 36.1 Å². The molecule has 46 heavy (non-hydrogen) atoms. The van der Waals surface area contributed by atoms with E-state index in [9.17, 15) is 24.3 Å². The SMILES string of the molecule is Cc1cccc(C2C3=CCC4C(=O)NC(=O)C4C3CC3C(=O)N(c4cc(-c5sc6ccc(Cl)cc6c5C)nn4C)C(=O)C32C)c1O. The van der Waals surface area contributed by atoms with Gasteiger partial charge < -0.3 is 5.11 Å². The molecule has 0 bridgehead atoms. The molecule has 3 fully saturated rings. The maximum absolute atomic E-state index is 14.8. The number of rotatable bonds is 3. The van der Waals surface area contributed by atoms with Crippen molar-refractivity contribution in [3.63, 3.8) is 0 Å². The van der Waals surface area contributed by atoms with E-state index >= 15 is 0 Å². The number of para-hydroxylation sites is 1. The second kappa shape index (κ2) is 9.86. The molecule has 2 aromatic heterocycles. The van der Waals surface area contributed by atoms with Crippen molar-refractivity contribution in [3.8, 4) is 16.3 Å². The zero-order valence-corrected chi connectivity index (χ0v) is 27.2. The van der Waals surface area contributed by atoms with Crippen molar-refractivity contribution in [2.75, 3.05) is 4.90 Å². The van der Waals surface area contributed by atoms with Gasteiger partial charge in [0, 0.05) is 34.3 Å². The number of aryl methyl sites for hydroxylation is 3. The molecule has 2 N–H and O–H groups in total. The normalized spacial score (nSPS) is 28.8. The summed E-state index contributed by atoms with van der Waals surface area (Å²) in [4.78, 5) is 57.4. The molecule has 1 saturated carbocycles. The zero-order valence-electron chi connectivity index (χ0n) is 25.6. The summed E-state index contributed by atoms with van der Waals surface area (Å²) in [6.07, 6.45) is 2.57. The molecule has 4 aromatic rings. The van der Waals surface area contributed by atoms with Gasteiger partial charge in [0.1, 0.15) is 17.3 Å². The highest BCUT2D eigenvalue weighted by Crippen LogP contribution is 2.64. The van der Waals surface area contributed by atoms with Gasteiger partial charge in [-0.15, -0.1) is 11.3 Å². The number of carbonyl (C=O) groups excluding carboxylic acids is 4. The Morgan fingerprint density at radius 2 is 1.85 bits per heavy atom. The Morgan fingerprint density at radius 3 is 2.63 bits per heavy atom. The molecule has 8 rings (SSSR count). The average molecular weight is 655 g/mol. The van der Waals surface area contributed by atoms with Gasteiger partial charge in [-0.1, -0.05) is 41.4 Å². The van der Waals surface area contributed by atoms with Crippen LogP contribution in [-0.4, -0.2) is 38.5 Å². The van der Waals surface area contributed by atoms with Crippen LogP contribution in [0.4, 0.5) is 5.82 Å². The summed E-state index contributed by atoms with van der Waals surface area (Å²) < 4.78 is 2.62. The maximum Gasteiger partial charge on any atom is 0.242 e. The highest BCUT2D eigenvalue weighted by molar-refractivity contribution is 7.22. The van der Waals surface area contributed by atoms with Crippen LogP contribution in [0.5, 0.6) is 5.75 Å². The van der Waals surface area contributed by atoms with E-state index in [0.717, 1.165) is 26.1 Å². The predicted molar refractivity (Wildman–Crippen MR) is 174 cm³/mol. The quantitative estimate of drug-likeness (QED) is 0.213. The lowest BCUT2D eigenvalue weighted by molar-refractivity contribution is -0.131. The van der Waals surface area contributed by atoms with Crippen LogP contribution in [0.3, 0.4) is 0 Å². The maximum atomic E-state index is 14.8. The highest BCUT2D eigenvalue weighted by atomic mass is 35.5. The van der Waals surface area contributed by atoms with Gasteiger partial charge in [-0.2, -0.15) is 5.10 Å². The van der Waals surface area contributed by atoms with Crippen LogP contribution in [0.15, 0.2) is 54.1 Å². The number of benzene rings is 2. The zero-order chi connectivity index (χ0) is 32.4. The van der Waals surface area contributed by atoms with Gasteiger partial charge in [0.15, 0.2) is 0 Å². The third kappa shape index (κ3) is 3.77. The Bertz CT molecular complexity index is 2100. The number of thiophene rings is 1. The van der Waals surface area contributed by atoms with Gasteiger partial charge in [-0.3, -0.25) is 29.2 Å². The van der Waals surface area contributed by atoms with Crippen LogP contribution in [0.1, 0.15) is 42.4 Å². The molecule has 11 heteroatoms. The van der Waals surface area contributed by atoms with E-state index in [0.29, 0.717) is 34.1 Å². The van der Waals surface area contributed by atoms with Crippen LogP contribution in [0.25, 0.3) is 20.7 Å². The number of nitrogens with one attached hydrogen (secondary N) is 1. The number of halogens is 1. The molecule has 2 aromatic carbocycles. The largest absolute Gasteiger partial charge is 0.507 e. The number of hydrogen-bond donors (Lipinski definition) is 2. The highest BCUT2D eigenvalue weighted by Gasteiger charge is 2.67. The third-order valence-electron chi connectivity index (χ3n) is 10.9. The topological polar surface area (TPSA) is 122 Å². The fourth-order valence-corrected chi connectivity index (χ4v) is 9.94. The van der Waals surface area contributed by atoms with Gasteiger partial charge in [0.25, 0.3) is 0 Å². The molecule has 0 radical (unpaired) electrons. The molecule has 4 aliphatic rings. The lowest BCUT2D eigenvalue weighted by Crippen LogP contribution is -2.48. The minimum absolute atomic E-state index is 0.0601. The Balaban J connectivity index is 1.27. The Kier molecular flexibility index (Phi) is 6.25. The first kappa shape index (κ1) is 29.1. The molecule has 4 heterocycles. The molecule has 4 amide bonds. The molecule has 2 aliphatic carbocycles. The first-order valence-corrected chi connectivity index (χ1v) is 16.6. The summed E-state index contributed by atoms with van der Waals surface area (Å²) in [5, 5.41) is 20.3. The minimum Gasteiger partial charge on any atom is -0.507 e. The molecular weight excluding hydrogens is 624 g/mol. The van der Waals surface area contributed by atoms with E-state index in [1.54, 1.807) is 48.2 Å². The summed E-state index contributed by atoms with van der Waals surface area (Å²) in [5.74, 6) is -4.02. The monoisotopic (exact) mass is 654 g/mol. The molecule has 0 spiro atoms. The molecule has 6 atom stereocenters. The number of hydrogen-bond acceptors (Lipinski definition) is 7. The summed E-state index contributed by atoms with van der Waals surface area (Å²) in [5.41, 5.74) is 2.41. The Morgan fingerprint density at radius 1 is 1.07 bits per heavy atom.